The number of benzene rings is 1. The quantitative estimate of drug-likeness (QED) is 0.858. The molecule has 0 aliphatic carbocycles. The molecule has 0 radical (unpaired) electrons. The lowest BCUT2D eigenvalue weighted by Crippen LogP contribution is -2.31. The lowest BCUT2D eigenvalue weighted by molar-refractivity contribution is -0.121. The van der Waals surface area contributed by atoms with Crippen LogP contribution in [0.3, 0.4) is 0 Å². The maximum absolute atomic E-state index is 11.9. The zero-order valence-electron chi connectivity index (χ0n) is 12.5. The van der Waals surface area contributed by atoms with Gasteiger partial charge in [0.15, 0.2) is 15.4 Å². The third kappa shape index (κ3) is 3.64. The predicted molar refractivity (Wildman–Crippen MR) is 84.9 cm³/mol. The molecule has 1 saturated heterocycles. The van der Waals surface area contributed by atoms with Crippen LogP contribution in [0.2, 0.25) is 0 Å². The molecule has 1 aromatic heterocycles. The minimum Gasteiger partial charge on any atom is -0.408 e. The van der Waals surface area contributed by atoms with Crippen LogP contribution < -0.4 is 11.1 Å². The second kappa shape index (κ2) is 6.19. The van der Waals surface area contributed by atoms with Crippen LogP contribution in [-0.2, 0) is 21.2 Å². The summed E-state index contributed by atoms with van der Waals surface area (Å²) in [6.45, 7) is 0.587. The fraction of sp³-hybridized carbons (Fsp3) is 0.467. The van der Waals surface area contributed by atoms with E-state index in [9.17, 15) is 18.0 Å². The Kier molecular flexibility index (Phi) is 4.25. The van der Waals surface area contributed by atoms with Crippen LogP contribution in [0.1, 0.15) is 12.8 Å². The Morgan fingerprint density at radius 1 is 1.35 bits per heavy atom. The summed E-state index contributed by atoms with van der Waals surface area (Å²) in [5.41, 5.74) is 1.15. The summed E-state index contributed by atoms with van der Waals surface area (Å²) in [5.74, 6) is -0.364. The molecule has 1 aromatic carbocycles. The highest BCUT2D eigenvalue weighted by molar-refractivity contribution is 7.91. The van der Waals surface area contributed by atoms with Crippen LogP contribution >= 0.6 is 0 Å². The summed E-state index contributed by atoms with van der Waals surface area (Å²) in [5, 5.41) is 2.74. The molecule has 1 aliphatic heterocycles. The van der Waals surface area contributed by atoms with E-state index in [1.165, 1.54) is 4.57 Å². The minimum atomic E-state index is -2.93. The number of aryl methyl sites for hydroxylation is 1. The maximum Gasteiger partial charge on any atom is 0.419 e. The normalized spacial score (nSPS) is 19.9. The molecule has 1 amide bonds. The Morgan fingerprint density at radius 3 is 2.87 bits per heavy atom. The second-order valence-electron chi connectivity index (χ2n) is 5.81. The lowest BCUT2D eigenvalue weighted by Gasteiger charge is -2.09. The van der Waals surface area contributed by atoms with Crippen LogP contribution in [0, 0.1) is 5.92 Å². The Hall–Kier alpha value is -2.09. The van der Waals surface area contributed by atoms with Gasteiger partial charge < -0.3 is 9.73 Å². The number of carbonyl (C=O) groups is 1. The smallest absolute Gasteiger partial charge is 0.408 e. The van der Waals surface area contributed by atoms with E-state index in [4.69, 9.17) is 4.42 Å². The van der Waals surface area contributed by atoms with Gasteiger partial charge in [-0.3, -0.25) is 9.36 Å². The summed E-state index contributed by atoms with van der Waals surface area (Å²) in [7, 11) is -2.93. The molecule has 1 fully saturated rings. The highest BCUT2D eigenvalue weighted by Gasteiger charge is 2.27. The van der Waals surface area contributed by atoms with Crippen molar-refractivity contribution in [3.8, 4) is 0 Å². The largest absolute Gasteiger partial charge is 0.419 e. The van der Waals surface area contributed by atoms with Crippen molar-refractivity contribution in [1.29, 1.82) is 0 Å². The van der Waals surface area contributed by atoms with Crippen molar-refractivity contribution in [2.45, 2.75) is 19.4 Å². The van der Waals surface area contributed by atoms with Crippen LogP contribution in [0.15, 0.2) is 33.5 Å². The molecule has 0 bridgehead atoms. The topological polar surface area (TPSA) is 98.4 Å². The highest BCUT2D eigenvalue weighted by Crippen LogP contribution is 2.17. The fourth-order valence-electron chi connectivity index (χ4n) is 2.82. The number of para-hydroxylation sites is 2. The molecular formula is C15H18N2O5S. The second-order valence-corrected chi connectivity index (χ2v) is 8.04. The number of hydrogen-bond donors (Lipinski definition) is 1. The minimum absolute atomic E-state index is 0.0126. The van der Waals surface area contributed by atoms with Crippen LogP contribution in [0.5, 0.6) is 0 Å². The van der Waals surface area contributed by atoms with Gasteiger partial charge in [0.2, 0.25) is 5.91 Å². The van der Waals surface area contributed by atoms with Gasteiger partial charge in [0.1, 0.15) is 0 Å². The third-order valence-electron chi connectivity index (χ3n) is 4.05. The van der Waals surface area contributed by atoms with Gasteiger partial charge in [0.05, 0.1) is 17.0 Å². The number of oxazole rings is 1. The van der Waals surface area contributed by atoms with Gasteiger partial charge in [-0.1, -0.05) is 12.1 Å². The molecule has 1 aliphatic rings. The first-order chi connectivity index (χ1) is 10.9. The summed E-state index contributed by atoms with van der Waals surface area (Å²) < 4.78 is 29.3. The molecule has 3 rings (SSSR count). The molecule has 8 heteroatoms. The van der Waals surface area contributed by atoms with E-state index in [0.717, 1.165) is 0 Å². The number of hydrogen-bond acceptors (Lipinski definition) is 5. The monoisotopic (exact) mass is 338 g/mol. The first-order valence-electron chi connectivity index (χ1n) is 7.50. The van der Waals surface area contributed by atoms with Gasteiger partial charge >= 0.3 is 5.76 Å². The van der Waals surface area contributed by atoms with Gasteiger partial charge in [0.25, 0.3) is 0 Å². The number of nitrogens with one attached hydrogen (secondary N) is 1. The van der Waals surface area contributed by atoms with Crippen molar-refractivity contribution in [1.82, 2.24) is 9.88 Å². The molecule has 1 atom stereocenters. The first kappa shape index (κ1) is 15.8. The van der Waals surface area contributed by atoms with Gasteiger partial charge in [-0.2, -0.15) is 0 Å². The van der Waals surface area contributed by atoms with E-state index < -0.39 is 15.6 Å². The highest BCUT2D eigenvalue weighted by atomic mass is 32.2. The van der Waals surface area contributed by atoms with E-state index in [1.807, 2.05) is 0 Å². The number of amides is 1. The third-order valence-corrected chi connectivity index (χ3v) is 5.89. The molecule has 1 N–H and O–H groups in total. The van der Waals surface area contributed by atoms with Crippen molar-refractivity contribution in [3.05, 3.63) is 34.8 Å². The number of aromatic nitrogens is 1. The van der Waals surface area contributed by atoms with Crippen LogP contribution in [0.25, 0.3) is 11.1 Å². The zero-order chi connectivity index (χ0) is 16.4. The number of sulfone groups is 1. The van der Waals surface area contributed by atoms with Crippen molar-refractivity contribution < 1.29 is 17.6 Å². The Balaban J connectivity index is 1.55. The molecule has 124 valence electrons. The van der Waals surface area contributed by atoms with Gasteiger partial charge in [-0.05, 0) is 24.5 Å². The molecule has 2 heterocycles. The zero-order valence-corrected chi connectivity index (χ0v) is 13.3. The van der Waals surface area contributed by atoms with Crippen molar-refractivity contribution >= 4 is 26.8 Å². The summed E-state index contributed by atoms with van der Waals surface area (Å²) in [6, 6.07) is 7.04. The van der Waals surface area contributed by atoms with E-state index >= 15 is 0 Å². The van der Waals surface area contributed by atoms with Crippen LogP contribution in [-0.4, -0.2) is 36.9 Å². The molecule has 2 aromatic rings. The van der Waals surface area contributed by atoms with Gasteiger partial charge in [-0.15, -0.1) is 0 Å². The number of rotatable bonds is 5. The van der Waals surface area contributed by atoms with Gasteiger partial charge in [0, 0.05) is 19.5 Å². The van der Waals surface area contributed by atoms with E-state index in [2.05, 4.69) is 5.32 Å². The summed E-state index contributed by atoms with van der Waals surface area (Å²) in [4.78, 5) is 23.7. The van der Waals surface area contributed by atoms with E-state index in [0.29, 0.717) is 24.1 Å². The molecule has 7 nitrogen and oxygen atoms in total. The number of fused-ring (bicyclic) bond motifs is 1. The van der Waals surface area contributed by atoms with Crippen LogP contribution in [0.4, 0.5) is 0 Å². The molecule has 23 heavy (non-hydrogen) atoms. The van der Waals surface area contributed by atoms with Gasteiger partial charge in [-0.25, -0.2) is 13.2 Å². The number of carbonyl (C=O) groups excluding carboxylic acids is 1. The summed E-state index contributed by atoms with van der Waals surface area (Å²) in [6.07, 6.45) is 0.733. The number of nitrogens with zero attached hydrogens (tertiary/aromatic N) is 1. The maximum atomic E-state index is 11.9. The van der Waals surface area contributed by atoms with Crippen molar-refractivity contribution in [3.63, 3.8) is 0 Å². The van der Waals surface area contributed by atoms with Crippen molar-refractivity contribution in [2.24, 2.45) is 5.92 Å². The predicted octanol–water partition coefficient (Wildman–Crippen LogP) is 0.536. The fourth-order valence-corrected chi connectivity index (χ4v) is 4.68. The average molecular weight is 338 g/mol. The standard InChI is InChI=1S/C15H18N2O5S/c18-14(16-9-11-6-8-23(20,21)10-11)5-7-17-12-3-1-2-4-13(12)22-15(17)19/h1-4,11H,5-10H2,(H,16,18). The Labute approximate surface area is 133 Å². The molecule has 0 saturated carbocycles. The summed E-state index contributed by atoms with van der Waals surface area (Å²) >= 11 is 0. The molecule has 1 unspecified atom stereocenters. The van der Waals surface area contributed by atoms with E-state index in [-0.39, 0.29) is 36.3 Å². The average Bonchev–Trinajstić information content (AvgIpc) is 3.01. The van der Waals surface area contributed by atoms with Crippen molar-refractivity contribution in [2.75, 3.05) is 18.1 Å². The molecular weight excluding hydrogens is 320 g/mol. The Bertz CT molecular complexity index is 881. The lowest BCUT2D eigenvalue weighted by atomic mass is 10.1. The Morgan fingerprint density at radius 2 is 2.13 bits per heavy atom. The molecule has 0 spiro atoms. The van der Waals surface area contributed by atoms with E-state index in [1.54, 1.807) is 24.3 Å². The SMILES string of the molecule is O=C(CCn1c(=O)oc2ccccc21)NCC1CCS(=O)(=O)C1. The first-order valence-corrected chi connectivity index (χ1v) is 9.32.